The number of ketones is 1. The Hall–Kier alpha value is -0.410. The fourth-order valence-corrected chi connectivity index (χ4v) is 2.43. The monoisotopic (exact) mass is 240 g/mol. The summed E-state index contributed by atoms with van der Waals surface area (Å²) in [5, 5.41) is 0. The number of carbonyl (C=O) groups is 1. The molecular formula is C14H28N2O. The molecule has 1 unspecified atom stereocenters. The Bertz CT molecular complexity index is 253. The summed E-state index contributed by atoms with van der Waals surface area (Å²) in [5.41, 5.74) is -0.201. The topological polar surface area (TPSA) is 23.6 Å². The molecule has 0 saturated carbocycles. The summed E-state index contributed by atoms with van der Waals surface area (Å²) < 4.78 is 0. The number of hydrogen-bond acceptors (Lipinski definition) is 3. The third kappa shape index (κ3) is 4.07. The lowest BCUT2D eigenvalue weighted by molar-refractivity contribution is -0.127. The first-order valence-corrected chi connectivity index (χ1v) is 6.88. The maximum Gasteiger partial charge on any atom is 0.152 e. The van der Waals surface area contributed by atoms with Crippen molar-refractivity contribution in [3.8, 4) is 0 Å². The summed E-state index contributed by atoms with van der Waals surface area (Å²) in [6.07, 6.45) is 1.21. The zero-order valence-corrected chi connectivity index (χ0v) is 12.1. The third-order valence-corrected chi connectivity index (χ3v) is 3.78. The molecule has 0 aromatic rings. The van der Waals surface area contributed by atoms with Gasteiger partial charge in [-0.05, 0) is 19.5 Å². The minimum atomic E-state index is -0.201. The Morgan fingerprint density at radius 3 is 2.35 bits per heavy atom. The first kappa shape index (κ1) is 14.7. The molecule has 3 heteroatoms. The Morgan fingerprint density at radius 2 is 1.88 bits per heavy atom. The Kier molecular flexibility index (Phi) is 5.14. The summed E-state index contributed by atoms with van der Waals surface area (Å²) in [5.74, 6) is 0.359. The van der Waals surface area contributed by atoms with Crippen LogP contribution in [0.4, 0.5) is 0 Å². The summed E-state index contributed by atoms with van der Waals surface area (Å²) in [7, 11) is 0. The van der Waals surface area contributed by atoms with Gasteiger partial charge in [0.15, 0.2) is 5.78 Å². The van der Waals surface area contributed by atoms with E-state index < -0.39 is 0 Å². The van der Waals surface area contributed by atoms with E-state index in [1.165, 1.54) is 6.42 Å². The normalized spacial score (nSPS) is 22.4. The van der Waals surface area contributed by atoms with Crippen molar-refractivity contribution >= 4 is 5.78 Å². The van der Waals surface area contributed by atoms with Crippen LogP contribution in [0, 0.1) is 5.41 Å². The lowest BCUT2D eigenvalue weighted by atomic mass is 9.90. The minimum absolute atomic E-state index is 0.201. The van der Waals surface area contributed by atoms with E-state index in [9.17, 15) is 4.79 Å². The van der Waals surface area contributed by atoms with Crippen LogP contribution < -0.4 is 0 Å². The average molecular weight is 240 g/mol. The van der Waals surface area contributed by atoms with Crippen LogP contribution in [-0.2, 0) is 4.79 Å². The highest BCUT2D eigenvalue weighted by Crippen LogP contribution is 2.19. The summed E-state index contributed by atoms with van der Waals surface area (Å²) in [6.45, 7) is 15.4. The molecule has 0 amide bonds. The first-order valence-electron chi connectivity index (χ1n) is 6.88. The summed E-state index contributed by atoms with van der Waals surface area (Å²) in [6, 6.07) is 0.651. The second kappa shape index (κ2) is 5.96. The fourth-order valence-electron chi connectivity index (χ4n) is 2.43. The highest BCUT2D eigenvalue weighted by atomic mass is 16.1. The van der Waals surface area contributed by atoms with Crippen molar-refractivity contribution < 1.29 is 4.79 Å². The molecule has 1 atom stereocenters. The molecule has 1 rings (SSSR count). The fraction of sp³-hybridized carbons (Fsp3) is 0.929. The van der Waals surface area contributed by atoms with E-state index in [0.29, 0.717) is 18.4 Å². The molecule has 1 aliphatic rings. The van der Waals surface area contributed by atoms with Gasteiger partial charge in [0.2, 0.25) is 0 Å². The Labute approximate surface area is 106 Å². The van der Waals surface area contributed by atoms with Gasteiger partial charge >= 0.3 is 0 Å². The van der Waals surface area contributed by atoms with E-state index in [1.54, 1.807) is 0 Å². The van der Waals surface area contributed by atoms with Crippen LogP contribution in [0.1, 0.15) is 41.0 Å². The smallest absolute Gasteiger partial charge is 0.152 e. The van der Waals surface area contributed by atoms with E-state index >= 15 is 0 Å². The van der Waals surface area contributed by atoms with E-state index in [4.69, 9.17) is 0 Å². The lowest BCUT2D eigenvalue weighted by Gasteiger charge is -2.27. The van der Waals surface area contributed by atoms with Gasteiger partial charge in [-0.3, -0.25) is 14.6 Å². The van der Waals surface area contributed by atoms with Gasteiger partial charge in [0.05, 0.1) is 6.54 Å². The second-order valence-electron chi connectivity index (χ2n) is 6.07. The second-order valence-corrected chi connectivity index (χ2v) is 6.07. The van der Waals surface area contributed by atoms with Crippen molar-refractivity contribution in [1.82, 2.24) is 9.80 Å². The minimum Gasteiger partial charge on any atom is -0.300 e. The number of nitrogens with zero attached hydrogens (tertiary/aromatic N) is 2. The maximum atomic E-state index is 12.0. The number of likely N-dealkylation sites (tertiary alicyclic amines) is 1. The number of likely N-dealkylation sites (N-methyl/N-ethyl adjacent to an activating group) is 1. The number of hydrogen-bond donors (Lipinski definition) is 0. The quantitative estimate of drug-likeness (QED) is 0.734. The molecule has 1 fully saturated rings. The van der Waals surface area contributed by atoms with E-state index in [2.05, 4.69) is 23.6 Å². The van der Waals surface area contributed by atoms with Gasteiger partial charge in [-0.1, -0.05) is 34.6 Å². The Balaban J connectivity index is 2.43. The molecule has 0 bridgehead atoms. The number of Topliss-reactive ketones (excluding diaryl/α,β-unsaturated/α-hetero) is 1. The molecule has 0 N–H and O–H groups in total. The zero-order chi connectivity index (χ0) is 13.1. The van der Waals surface area contributed by atoms with Crippen molar-refractivity contribution in [2.45, 2.75) is 47.1 Å². The van der Waals surface area contributed by atoms with Crippen molar-refractivity contribution in [3.63, 3.8) is 0 Å². The number of carbonyl (C=O) groups excluding carboxylic acids is 1. The van der Waals surface area contributed by atoms with Crippen LogP contribution in [0.25, 0.3) is 0 Å². The van der Waals surface area contributed by atoms with Crippen LogP contribution in [0.5, 0.6) is 0 Å². The van der Waals surface area contributed by atoms with Gasteiger partial charge in [-0.15, -0.1) is 0 Å². The first-order chi connectivity index (χ1) is 7.88. The third-order valence-electron chi connectivity index (χ3n) is 3.78. The largest absolute Gasteiger partial charge is 0.300 e. The SMILES string of the molecule is CCN(CC)C1CCN(CC(=O)C(C)(C)C)C1. The average Bonchev–Trinajstić information content (AvgIpc) is 2.67. The predicted octanol–water partition coefficient (Wildman–Crippen LogP) is 2.02. The molecule has 100 valence electrons. The van der Waals surface area contributed by atoms with Gasteiger partial charge in [0.25, 0.3) is 0 Å². The van der Waals surface area contributed by atoms with Gasteiger partial charge in [0.1, 0.15) is 0 Å². The standard InChI is InChI=1S/C14H28N2O/c1-6-16(7-2)12-8-9-15(10-12)11-13(17)14(3,4)5/h12H,6-11H2,1-5H3. The van der Waals surface area contributed by atoms with Crippen molar-refractivity contribution in [1.29, 1.82) is 0 Å². The highest BCUT2D eigenvalue weighted by Gasteiger charge is 2.30. The molecule has 0 aromatic carbocycles. The van der Waals surface area contributed by atoms with Crippen LogP contribution in [-0.4, -0.2) is 54.3 Å². The van der Waals surface area contributed by atoms with Crippen LogP contribution in [0.15, 0.2) is 0 Å². The molecule has 3 nitrogen and oxygen atoms in total. The predicted molar refractivity (Wildman–Crippen MR) is 72.2 cm³/mol. The van der Waals surface area contributed by atoms with Crippen molar-refractivity contribution in [2.75, 3.05) is 32.7 Å². The van der Waals surface area contributed by atoms with Gasteiger partial charge in [-0.25, -0.2) is 0 Å². The van der Waals surface area contributed by atoms with E-state index in [0.717, 1.165) is 26.2 Å². The van der Waals surface area contributed by atoms with Crippen LogP contribution >= 0.6 is 0 Å². The maximum absolute atomic E-state index is 12.0. The molecule has 1 aliphatic heterocycles. The molecule has 0 aliphatic carbocycles. The molecule has 0 radical (unpaired) electrons. The van der Waals surface area contributed by atoms with Crippen molar-refractivity contribution in [2.24, 2.45) is 5.41 Å². The molecule has 17 heavy (non-hydrogen) atoms. The zero-order valence-electron chi connectivity index (χ0n) is 12.1. The van der Waals surface area contributed by atoms with Crippen molar-refractivity contribution in [3.05, 3.63) is 0 Å². The summed E-state index contributed by atoms with van der Waals surface area (Å²) in [4.78, 5) is 16.8. The Morgan fingerprint density at radius 1 is 1.29 bits per heavy atom. The van der Waals surface area contributed by atoms with E-state index in [-0.39, 0.29) is 5.41 Å². The van der Waals surface area contributed by atoms with Gasteiger partial charge in [-0.2, -0.15) is 0 Å². The van der Waals surface area contributed by atoms with Gasteiger partial charge in [0, 0.05) is 24.5 Å². The van der Waals surface area contributed by atoms with Gasteiger partial charge < -0.3 is 0 Å². The highest BCUT2D eigenvalue weighted by molar-refractivity contribution is 5.85. The summed E-state index contributed by atoms with van der Waals surface area (Å²) >= 11 is 0. The molecular weight excluding hydrogens is 212 g/mol. The molecule has 1 saturated heterocycles. The molecule has 0 spiro atoms. The van der Waals surface area contributed by atoms with Crippen LogP contribution in [0.3, 0.4) is 0 Å². The lowest BCUT2D eigenvalue weighted by Crippen LogP contribution is -2.39. The van der Waals surface area contributed by atoms with E-state index in [1.807, 2.05) is 20.8 Å². The van der Waals surface area contributed by atoms with Crippen LogP contribution in [0.2, 0.25) is 0 Å². The molecule has 1 heterocycles. The number of rotatable bonds is 5. The molecule has 0 aromatic heterocycles.